The zero-order chi connectivity index (χ0) is 9.56. The van der Waals surface area contributed by atoms with Crippen molar-refractivity contribution in [2.75, 3.05) is 0 Å². The van der Waals surface area contributed by atoms with Gasteiger partial charge in [-0.15, -0.1) is 13.2 Å². The highest BCUT2D eigenvalue weighted by Gasteiger charge is 2.19. The van der Waals surface area contributed by atoms with Gasteiger partial charge >= 0.3 is 0 Å². The monoisotopic (exact) mass is 168 g/mol. The van der Waals surface area contributed by atoms with Gasteiger partial charge in [-0.1, -0.05) is 26.0 Å². The maximum absolute atomic E-state index is 9.69. The van der Waals surface area contributed by atoms with Crippen molar-refractivity contribution >= 4 is 0 Å². The molecule has 0 amide bonds. The lowest BCUT2D eigenvalue weighted by Gasteiger charge is -2.24. The first-order chi connectivity index (χ1) is 5.63. The summed E-state index contributed by atoms with van der Waals surface area (Å²) in [4.78, 5) is 0. The Hall–Kier alpha value is -0.560. The molecule has 0 fully saturated rings. The molecule has 70 valence electrons. The molecule has 0 aliphatic heterocycles. The number of hydrogen-bond acceptors (Lipinski definition) is 1. The van der Waals surface area contributed by atoms with Crippen LogP contribution in [0.4, 0.5) is 0 Å². The molecule has 0 aromatic carbocycles. The SMILES string of the molecule is C=CC[C@@H](O)[C@@H](CC=C)C(C)C. The Morgan fingerprint density at radius 3 is 2.00 bits per heavy atom. The van der Waals surface area contributed by atoms with Gasteiger partial charge in [0.1, 0.15) is 0 Å². The lowest BCUT2D eigenvalue weighted by atomic mass is 9.86. The molecule has 1 nitrogen and oxygen atoms in total. The summed E-state index contributed by atoms with van der Waals surface area (Å²) >= 11 is 0. The summed E-state index contributed by atoms with van der Waals surface area (Å²) in [5, 5.41) is 9.69. The van der Waals surface area contributed by atoms with Crippen LogP contribution in [-0.4, -0.2) is 11.2 Å². The van der Waals surface area contributed by atoms with Crippen LogP contribution in [0.25, 0.3) is 0 Å². The van der Waals surface area contributed by atoms with Crippen molar-refractivity contribution in [3.8, 4) is 0 Å². The molecule has 1 heteroatoms. The van der Waals surface area contributed by atoms with Crippen molar-refractivity contribution in [2.45, 2.75) is 32.8 Å². The third-order valence-corrected chi connectivity index (χ3v) is 2.20. The molecule has 0 rings (SSSR count). The molecule has 0 spiro atoms. The highest BCUT2D eigenvalue weighted by Crippen LogP contribution is 2.21. The minimum absolute atomic E-state index is 0.263. The Morgan fingerprint density at radius 2 is 1.67 bits per heavy atom. The minimum Gasteiger partial charge on any atom is -0.392 e. The van der Waals surface area contributed by atoms with E-state index in [1.54, 1.807) is 6.08 Å². The topological polar surface area (TPSA) is 20.2 Å². The molecule has 0 aromatic heterocycles. The van der Waals surface area contributed by atoms with Crippen LogP contribution >= 0.6 is 0 Å². The largest absolute Gasteiger partial charge is 0.392 e. The van der Waals surface area contributed by atoms with E-state index in [4.69, 9.17) is 0 Å². The Bertz CT molecular complexity index is 138. The summed E-state index contributed by atoms with van der Waals surface area (Å²) in [6.45, 7) is 11.6. The van der Waals surface area contributed by atoms with Gasteiger partial charge in [-0.05, 0) is 24.7 Å². The third-order valence-electron chi connectivity index (χ3n) is 2.20. The molecular weight excluding hydrogens is 148 g/mol. The minimum atomic E-state index is -0.263. The quantitative estimate of drug-likeness (QED) is 0.605. The molecule has 1 N–H and O–H groups in total. The predicted molar refractivity (Wildman–Crippen MR) is 54.0 cm³/mol. The second-order valence-corrected chi connectivity index (χ2v) is 3.52. The number of aliphatic hydroxyl groups is 1. The van der Waals surface area contributed by atoms with E-state index in [1.807, 2.05) is 6.08 Å². The van der Waals surface area contributed by atoms with Gasteiger partial charge in [0.15, 0.2) is 0 Å². The van der Waals surface area contributed by atoms with Gasteiger partial charge in [-0.3, -0.25) is 0 Å². The number of hydrogen-bond donors (Lipinski definition) is 1. The zero-order valence-electron chi connectivity index (χ0n) is 8.16. The van der Waals surface area contributed by atoms with Gasteiger partial charge in [0.05, 0.1) is 6.10 Å². The van der Waals surface area contributed by atoms with Crippen LogP contribution in [0.1, 0.15) is 26.7 Å². The fraction of sp³-hybridized carbons (Fsp3) is 0.636. The summed E-state index contributed by atoms with van der Waals surface area (Å²) in [7, 11) is 0. The van der Waals surface area contributed by atoms with Crippen molar-refractivity contribution in [1.29, 1.82) is 0 Å². The fourth-order valence-corrected chi connectivity index (χ4v) is 1.41. The first-order valence-electron chi connectivity index (χ1n) is 4.53. The normalized spacial score (nSPS) is 15.7. The predicted octanol–water partition coefficient (Wildman–Crippen LogP) is 2.77. The lowest BCUT2D eigenvalue weighted by Crippen LogP contribution is -2.24. The van der Waals surface area contributed by atoms with Crippen LogP contribution in [-0.2, 0) is 0 Å². The number of aliphatic hydroxyl groups excluding tert-OH is 1. The molecule has 0 saturated heterocycles. The molecule has 0 radical (unpaired) electrons. The average Bonchev–Trinajstić information content (AvgIpc) is 1.99. The molecule has 0 bridgehead atoms. The van der Waals surface area contributed by atoms with E-state index in [-0.39, 0.29) is 6.10 Å². The first kappa shape index (κ1) is 11.4. The van der Waals surface area contributed by atoms with Crippen LogP contribution in [0.15, 0.2) is 25.3 Å². The van der Waals surface area contributed by atoms with Crippen LogP contribution in [0.3, 0.4) is 0 Å². The molecule has 0 aromatic rings. The van der Waals surface area contributed by atoms with Crippen LogP contribution in [0.2, 0.25) is 0 Å². The van der Waals surface area contributed by atoms with E-state index in [9.17, 15) is 5.11 Å². The highest BCUT2D eigenvalue weighted by atomic mass is 16.3. The summed E-state index contributed by atoms with van der Waals surface area (Å²) in [6, 6.07) is 0. The third kappa shape index (κ3) is 3.72. The maximum Gasteiger partial charge on any atom is 0.0608 e. The van der Waals surface area contributed by atoms with Gasteiger partial charge in [-0.2, -0.15) is 0 Å². The van der Waals surface area contributed by atoms with Crippen molar-refractivity contribution in [3.63, 3.8) is 0 Å². The van der Waals surface area contributed by atoms with Crippen molar-refractivity contribution in [3.05, 3.63) is 25.3 Å². The molecule has 0 aliphatic rings. The van der Waals surface area contributed by atoms with E-state index in [0.29, 0.717) is 18.3 Å². The van der Waals surface area contributed by atoms with Crippen molar-refractivity contribution in [1.82, 2.24) is 0 Å². The second kappa shape index (κ2) is 6.01. The highest BCUT2D eigenvalue weighted by molar-refractivity contribution is 4.84. The van der Waals surface area contributed by atoms with Crippen LogP contribution in [0.5, 0.6) is 0 Å². The Kier molecular flexibility index (Phi) is 5.73. The molecule has 0 aliphatic carbocycles. The van der Waals surface area contributed by atoms with Gasteiger partial charge in [0.25, 0.3) is 0 Å². The molecule has 0 unspecified atom stereocenters. The standard InChI is InChI=1S/C11H20O/c1-5-7-10(9(3)4)11(12)8-6-2/h5-6,9-12H,1-2,7-8H2,3-4H3/t10-,11+/m0/s1. The van der Waals surface area contributed by atoms with Crippen LogP contribution in [0, 0.1) is 11.8 Å². The molecule has 12 heavy (non-hydrogen) atoms. The molecule has 2 atom stereocenters. The zero-order valence-corrected chi connectivity index (χ0v) is 8.16. The van der Waals surface area contributed by atoms with E-state index in [0.717, 1.165) is 6.42 Å². The van der Waals surface area contributed by atoms with Crippen molar-refractivity contribution in [2.24, 2.45) is 11.8 Å². The van der Waals surface area contributed by atoms with E-state index >= 15 is 0 Å². The van der Waals surface area contributed by atoms with Gasteiger partial charge in [-0.25, -0.2) is 0 Å². The fourth-order valence-electron chi connectivity index (χ4n) is 1.41. The van der Waals surface area contributed by atoms with E-state index in [2.05, 4.69) is 27.0 Å². The Morgan fingerprint density at radius 1 is 1.17 bits per heavy atom. The lowest BCUT2D eigenvalue weighted by molar-refractivity contribution is 0.0855. The molecule has 0 heterocycles. The van der Waals surface area contributed by atoms with Crippen molar-refractivity contribution < 1.29 is 5.11 Å². The average molecular weight is 168 g/mol. The van der Waals surface area contributed by atoms with Crippen LogP contribution < -0.4 is 0 Å². The Labute approximate surface area is 75.8 Å². The maximum atomic E-state index is 9.69. The molecule has 0 saturated carbocycles. The van der Waals surface area contributed by atoms with E-state index in [1.165, 1.54) is 0 Å². The summed E-state index contributed by atoms with van der Waals surface area (Å²) in [5.74, 6) is 0.818. The number of allylic oxidation sites excluding steroid dienone is 1. The summed E-state index contributed by atoms with van der Waals surface area (Å²) in [5.41, 5.74) is 0. The number of rotatable bonds is 6. The van der Waals surface area contributed by atoms with Gasteiger partial charge in [0, 0.05) is 0 Å². The van der Waals surface area contributed by atoms with Gasteiger partial charge in [0.2, 0.25) is 0 Å². The Balaban J connectivity index is 4.07. The summed E-state index contributed by atoms with van der Waals surface area (Å²) in [6.07, 6.45) is 4.93. The second-order valence-electron chi connectivity index (χ2n) is 3.52. The summed E-state index contributed by atoms with van der Waals surface area (Å²) < 4.78 is 0. The smallest absolute Gasteiger partial charge is 0.0608 e. The molecular formula is C11H20O. The van der Waals surface area contributed by atoms with E-state index < -0.39 is 0 Å². The van der Waals surface area contributed by atoms with Gasteiger partial charge < -0.3 is 5.11 Å². The first-order valence-corrected chi connectivity index (χ1v) is 4.53.